The van der Waals surface area contributed by atoms with E-state index in [4.69, 9.17) is 0 Å². The third-order valence-corrected chi connectivity index (χ3v) is 4.87. The van der Waals surface area contributed by atoms with Crippen molar-refractivity contribution in [2.24, 2.45) is 0 Å². The molecule has 2 heterocycles. The summed E-state index contributed by atoms with van der Waals surface area (Å²) in [5.41, 5.74) is 2.60. The number of rotatable bonds is 2. The van der Waals surface area contributed by atoms with Gasteiger partial charge in [0.25, 0.3) is 5.91 Å². The molecule has 2 aromatic rings. The molecule has 1 atom stereocenters. The molecule has 0 radical (unpaired) electrons. The molecule has 2 aliphatic rings. The Labute approximate surface area is 143 Å². The van der Waals surface area contributed by atoms with Gasteiger partial charge in [-0.15, -0.1) is 0 Å². The molecule has 25 heavy (non-hydrogen) atoms. The lowest BCUT2D eigenvalue weighted by Gasteiger charge is -2.26. The van der Waals surface area contributed by atoms with E-state index in [0.717, 1.165) is 41.8 Å². The highest BCUT2D eigenvalue weighted by atomic mass is 19.1. The van der Waals surface area contributed by atoms with Gasteiger partial charge in [0, 0.05) is 12.2 Å². The molecule has 1 N–H and O–H groups in total. The Bertz CT molecular complexity index is 890. The molecular weight excluding hydrogens is 326 g/mol. The summed E-state index contributed by atoms with van der Waals surface area (Å²) >= 11 is 0. The van der Waals surface area contributed by atoms with Crippen LogP contribution in [0.15, 0.2) is 30.3 Å². The highest BCUT2D eigenvalue weighted by molar-refractivity contribution is 6.08. The zero-order valence-electron chi connectivity index (χ0n) is 13.6. The normalized spacial score (nSPS) is 18.3. The molecular formula is C19H16F2N2O2. The van der Waals surface area contributed by atoms with Crippen molar-refractivity contribution in [2.45, 2.75) is 25.7 Å². The molecule has 0 spiro atoms. The van der Waals surface area contributed by atoms with Crippen LogP contribution in [-0.2, 0) is 11.2 Å². The van der Waals surface area contributed by atoms with Crippen LogP contribution in [0.25, 0.3) is 0 Å². The number of anilines is 2. The summed E-state index contributed by atoms with van der Waals surface area (Å²) in [6.07, 6.45) is 1.65. The summed E-state index contributed by atoms with van der Waals surface area (Å²) < 4.78 is 27.6. The van der Waals surface area contributed by atoms with Gasteiger partial charge in [0.1, 0.15) is 17.2 Å². The molecule has 0 aromatic heterocycles. The predicted octanol–water partition coefficient (Wildman–Crippen LogP) is 3.61. The Morgan fingerprint density at radius 3 is 2.68 bits per heavy atom. The third-order valence-electron chi connectivity index (χ3n) is 4.87. The Hall–Kier alpha value is -2.76. The first-order valence-corrected chi connectivity index (χ1v) is 8.21. The van der Waals surface area contributed by atoms with Crippen LogP contribution in [-0.4, -0.2) is 18.4 Å². The zero-order chi connectivity index (χ0) is 17.7. The average molecular weight is 342 g/mol. The Morgan fingerprint density at radius 1 is 1.24 bits per heavy atom. The van der Waals surface area contributed by atoms with E-state index in [1.165, 1.54) is 6.07 Å². The maximum absolute atomic E-state index is 13.8. The van der Waals surface area contributed by atoms with Gasteiger partial charge in [-0.1, -0.05) is 6.07 Å². The molecule has 0 fully saturated rings. The molecule has 0 aliphatic carbocycles. The molecule has 0 bridgehead atoms. The second kappa shape index (κ2) is 5.65. The van der Waals surface area contributed by atoms with Crippen molar-refractivity contribution < 1.29 is 18.4 Å². The van der Waals surface area contributed by atoms with Gasteiger partial charge in [0.15, 0.2) is 0 Å². The number of amides is 2. The predicted molar refractivity (Wildman–Crippen MR) is 89.8 cm³/mol. The second-order valence-corrected chi connectivity index (χ2v) is 6.44. The lowest BCUT2D eigenvalue weighted by atomic mass is 9.96. The quantitative estimate of drug-likeness (QED) is 0.906. The van der Waals surface area contributed by atoms with Crippen molar-refractivity contribution in [2.75, 3.05) is 16.8 Å². The lowest BCUT2D eigenvalue weighted by molar-refractivity contribution is -0.119. The molecule has 0 unspecified atom stereocenters. The summed E-state index contributed by atoms with van der Waals surface area (Å²) in [4.78, 5) is 26.5. The van der Waals surface area contributed by atoms with Gasteiger partial charge in [-0.05, 0) is 55.2 Å². The number of carbonyl (C=O) groups excluding carboxylic acids is 2. The third kappa shape index (κ3) is 2.40. The van der Waals surface area contributed by atoms with Crippen LogP contribution in [0.5, 0.6) is 0 Å². The summed E-state index contributed by atoms with van der Waals surface area (Å²) in [5, 5.41) is 2.57. The highest BCUT2D eigenvalue weighted by Crippen LogP contribution is 2.44. The summed E-state index contributed by atoms with van der Waals surface area (Å²) in [7, 11) is 0. The van der Waals surface area contributed by atoms with Gasteiger partial charge >= 0.3 is 0 Å². The van der Waals surface area contributed by atoms with Crippen molar-refractivity contribution in [1.82, 2.24) is 0 Å². The average Bonchev–Trinajstić information content (AvgIpc) is 2.81. The van der Waals surface area contributed by atoms with Crippen LogP contribution in [0.1, 0.15) is 40.7 Å². The van der Waals surface area contributed by atoms with Crippen molar-refractivity contribution in [3.8, 4) is 0 Å². The fraction of sp³-hybridized carbons (Fsp3) is 0.263. The number of hydrogen-bond acceptors (Lipinski definition) is 2. The molecule has 128 valence electrons. The first-order valence-electron chi connectivity index (χ1n) is 8.21. The highest BCUT2D eigenvalue weighted by Gasteiger charge is 2.38. The van der Waals surface area contributed by atoms with E-state index >= 15 is 0 Å². The van der Waals surface area contributed by atoms with E-state index in [-0.39, 0.29) is 11.8 Å². The standard InChI is InChI=1S/C19H16F2N2O2/c1-10-13-9-12(8-11-4-3-7-23(17(11)13)19(10)25)22-18(24)16-14(20)5-2-6-15(16)21/h2,5-6,8-10H,3-4,7H2,1H3,(H,22,24)/t10-/m1/s1. The minimum absolute atomic E-state index is 0.0552. The largest absolute Gasteiger partial charge is 0.322 e. The molecule has 2 aromatic carbocycles. The van der Waals surface area contributed by atoms with Crippen LogP contribution in [0.4, 0.5) is 20.2 Å². The summed E-state index contributed by atoms with van der Waals surface area (Å²) in [5.74, 6) is -2.88. The molecule has 4 rings (SSSR count). The van der Waals surface area contributed by atoms with Gasteiger partial charge in [-0.3, -0.25) is 9.59 Å². The number of nitrogens with one attached hydrogen (secondary N) is 1. The smallest absolute Gasteiger partial charge is 0.261 e. The summed E-state index contributed by atoms with van der Waals surface area (Å²) in [6.45, 7) is 2.54. The Morgan fingerprint density at radius 2 is 1.96 bits per heavy atom. The lowest BCUT2D eigenvalue weighted by Crippen LogP contribution is -2.32. The van der Waals surface area contributed by atoms with Crippen LogP contribution >= 0.6 is 0 Å². The SMILES string of the molecule is C[C@H]1C(=O)N2CCCc3cc(NC(=O)c4c(F)cccc4F)cc1c32. The number of halogens is 2. The van der Waals surface area contributed by atoms with Crippen molar-refractivity contribution in [3.05, 3.63) is 58.7 Å². The number of aryl methyl sites for hydroxylation is 1. The topological polar surface area (TPSA) is 49.4 Å². The van der Waals surface area contributed by atoms with E-state index in [1.807, 2.05) is 6.92 Å². The maximum atomic E-state index is 13.8. The Balaban J connectivity index is 1.72. The first-order chi connectivity index (χ1) is 12.0. The van der Waals surface area contributed by atoms with Crippen molar-refractivity contribution in [1.29, 1.82) is 0 Å². The minimum atomic E-state index is -0.908. The summed E-state index contributed by atoms with van der Waals surface area (Å²) in [6, 6.07) is 6.81. The van der Waals surface area contributed by atoms with E-state index < -0.39 is 23.1 Å². The molecule has 2 amide bonds. The maximum Gasteiger partial charge on any atom is 0.261 e. The van der Waals surface area contributed by atoms with Crippen LogP contribution in [0.2, 0.25) is 0 Å². The zero-order valence-corrected chi connectivity index (χ0v) is 13.6. The van der Waals surface area contributed by atoms with Crippen LogP contribution in [0, 0.1) is 11.6 Å². The fourth-order valence-corrected chi connectivity index (χ4v) is 3.68. The first kappa shape index (κ1) is 15.7. The van der Waals surface area contributed by atoms with Crippen molar-refractivity contribution >= 4 is 23.2 Å². The van der Waals surface area contributed by atoms with Crippen molar-refractivity contribution in [3.63, 3.8) is 0 Å². The Kier molecular flexibility index (Phi) is 3.56. The van der Waals surface area contributed by atoms with Gasteiger partial charge in [0.2, 0.25) is 5.91 Å². The number of carbonyl (C=O) groups is 2. The monoisotopic (exact) mass is 342 g/mol. The van der Waals surface area contributed by atoms with E-state index in [2.05, 4.69) is 5.32 Å². The molecule has 0 saturated heterocycles. The van der Waals surface area contributed by atoms with E-state index in [0.29, 0.717) is 12.2 Å². The minimum Gasteiger partial charge on any atom is -0.322 e. The number of hydrogen-bond donors (Lipinski definition) is 1. The molecule has 2 aliphatic heterocycles. The second-order valence-electron chi connectivity index (χ2n) is 6.44. The molecule has 4 nitrogen and oxygen atoms in total. The fourth-order valence-electron chi connectivity index (χ4n) is 3.68. The van der Waals surface area contributed by atoms with E-state index in [9.17, 15) is 18.4 Å². The van der Waals surface area contributed by atoms with E-state index in [1.54, 1.807) is 17.0 Å². The van der Waals surface area contributed by atoms with Crippen LogP contribution < -0.4 is 10.2 Å². The molecule has 6 heteroatoms. The van der Waals surface area contributed by atoms with Gasteiger partial charge in [0.05, 0.1) is 11.6 Å². The molecule has 0 saturated carbocycles. The number of nitrogens with zero attached hydrogens (tertiary/aromatic N) is 1. The van der Waals surface area contributed by atoms with Gasteiger partial charge in [-0.2, -0.15) is 0 Å². The number of benzene rings is 2. The van der Waals surface area contributed by atoms with Gasteiger partial charge in [-0.25, -0.2) is 8.78 Å². The van der Waals surface area contributed by atoms with Gasteiger partial charge < -0.3 is 10.2 Å². The van der Waals surface area contributed by atoms with Crippen LogP contribution in [0.3, 0.4) is 0 Å².